The van der Waals surface area contributed by atoms with Crippen molar-refractivity contribution in [3.05, 3.63) is 103 Å². The van der Waals surface area contributed by atoms with E-state index in [1.807, 2.05) is 91.0 Å². The first-order valence-electron chi connectivity index (χ1n) is 7.98. The maximum absolute atomic E-state index is 9.22. The van der Waals surface area contributed by atoms with Gasteiger partial charge in [-0.2, -0.15) is 0 Å². The van der Waals surface area contributed by atoms with Crippen molar-refractivity contribution in [1.82, 2.24) is 0 Å². The predicted octanol–water partition coefficient (Wildman–Crippen LogP) is 4.67. The number of rotatable bonds is 6. The average molecular weight is 371 g/mol. The summed E-state index contributed by atoms with van der Waals surface area (Å²) in [5.41, 5.74) is 0. The Morgan fingerprint density at radius 2 is 1.08 bits per heavy atom. The summed E-state index contributed by atoms with van der Waals surface area (Å²) in [5.74, 6) is -3.19. The van der Waals surface area contributed by atoms with Gasteiger partial charge in [0.1, 0.15) is 0 Å². The average Bonchev–Trinajstić information content (AvgIpc) is 2.70. The van der Waals surface area contributed by atoms with Crippen LogP contribution in [0.5, 0.6) is 0 Å². The Balaban J connectivity index is 2.42. The molecule has 0 aliphatic carbocycles. The van der Waals surface area contributed by atoms with E-state index in [2.05, 4.69) is 11.5 Å². The molecule has 0 bridgehead atoms. The van der Waals surface area contributed by atoms with E-state index in [1.54, 1.807) is 0 Å². The summed E-state index contributed by atoms with van der Waals surface area (Å²) in [5, 5.41) is 12.2. The van der Waals surface area contributed by atoms with Gasteiger partial charge in [-0.15, -0.1) is 0 Å². The molecule has 25 heavy (non-hydrogen) atoms. The van der Waals surface area contributed by atoms with Crippen molar-refractivity contribution < 1.29 is 10.1 Å². The molecule has 0 aliphatic heterocycles. The van der Waals surface area contributed by atoms with Gasteiger partial charge >= 0.3 is 153 Å². The maximum atomic E-state index is 9.22. The zero-order chi connectivity index (χ0) is 17.8. The predicted molar refractivity (Wildman–Crippen MR) is 109 cm³/mol. The van der Waals surface area contributed by atoms with Crippen LogP contribution in [-0.2, 0) is 4.89 Å². The fourth-order valence-corrected chi connectivity index (χ4v) is 9.26. The molecule has 0 atom stereocenters. The van der Waals surface area contributed by atoms with Crippen LogP contribution >= 0.6 is 17.2 Å². The van der Waals surface area contributed by atoms with Gasteiger partial charge in [0.05, 0.1) is 0 Å². The molecule has 0 saturated carbocycles. The Morgan fingerprint density at radius 3 is 1.36 bits per heavy atom. The molecule has 0 aliphatic rings. The van der Waals surface area contributed by atoms with Crippen molar-refractivity contribution in [3.8, 4) is 0 Å². The Kier molecular flexibility index (Phi) is 4.96. The summed E-state index contributed by atoms with van der Waals surface area (Å²) in [4.78, 5) is 4.49. The van der Waals surface area contributed by atoms with Crippen molar-refractivity contribution in [2.45, 2.75) is 0 Å². The van der Waals surface area contributed by atoms with Crippen LogP contribution in [0.3, 0.4) is 0 Å². The van der Waals surface area contributed by atoms with Crippen LogP contribution in [0.2, 0.25) is 0 Å². The van der Waals surface area contributed by atoms with E-state index in [0.717, 1.165) is 15.9 Å². The summed E-state index contributed by atoms with van der Waals surface area (Å²) in [6.07, 6.45) is 0.307. The molecular weight excluding hydrogens is 351 g/mol. The summed E-state index contributed by atoms with van der Waals surface area (Å²) >= 11 is 7.73. The topological polar surface area (TPSA) is 29.5 Å². The zero-order valence-electron chi connectivity index (χ0n) is 13.8. The summed E-state index contributed by atoms with van der Waals surface area (Å²) < 4.78 is 0. The van der Waals surface area contributed by atoms with Gasteiger partial charge in [0.15, 0.2) is 0 Å². The van der Waals surface area contributed by atoms with E-state index < -0.39 is 5.96 Å². The number of halogens is 1. The Morgan fingerprint density at radius 1 is 0.760 bits per heavy atom. The van der Waals surface area contributed by atoms with E-state index in [0.29, 0.717) is 6.16 Å². The normalized spacial score (nSPS) is 12.8. The van der Waals surface area contributed by atoms with Gasteiger partial charge in [-0.05, 0) is 0 Å². The van der Waals surface area contributed by atoms with E-state index >= 15 is 0 Å². The Bertz CT molecular complexity index is 751. The monoisotopic (exact) mass is 370 g/mol. The molecule has 0 spiro atoms. The van der Waals surface area contributed by atoms with E-state index in [1.165, 1.54) is 0 Å². The SMILES string of the molecule is C=C(CP(Cl)(c1ccccc1)(c1ccccc1)c1ccccc1)OO. The first kappa shape index (κ1) is 17.7. The fourth-order valence-electron chi connectivity index (χ4n) is 3.30. The second kappa shape index (κ2) is 7.01. The molecule has 3 aromatic carbocycles. The quantitative estimate of drug-likeness (QED) is 0.295. The van der Waals surface area contributed by atoms with Crippen LogP contribution in [0.1, 0.15) is 0 Å². The van der Waals surface area contributed by atoms with Gasteiger partial charge in [0.25, 0.3) is 0 Å². The standard InChI is InChI=1S/C21H20ClO2P/c1-18(24-23)17-25(22,19-11-5-2-6-12-19,20-13-7-3-8-14-20)21-15-9-4-10-16-21/h2-16,23H,1,17H2. The number of hydrogen-bond acceptors (Lipinski definition) is 2. The Hall–Kier alpha value is -2.12. The van der Waals surface area contributed by atoms with Crippen LogP contribution in [0, 0.1) is 0 Å². The van der Waals surface area contributed by atoms with E-state index in [-0.39, 0.29) is 5.76 Å². The third-order valence-corrected chi connectivity index (χ3v) is 11.7. The van der Waals surface area contributed by atoms with Crippen molar-refractivity contribution >= 4 is 33.1 Å². The van der Waals surface area contributed by atoms with E-state index in [9.17, 15) is 5.26 Å². The van der Waals surface area contributed by atoms with Gasteiger partial charge < -0.3 is 0 Å². The second-order valence-corrected chi connectivity index (χ2v) is 12.4. The number of benzene rings is 3. The minimum absolute atomic E-state index is 0.240. The molecule has 0 heterocycles. The Labute approximate surface area is 153 Å². The van der Waals surface area contributed by atoms with Crippen LogP contribution in [0.4, 0.5) is 0 Å². The molecule has 128 valence electrons. The van der Waals surface area contributed by atoms with Crippen molar-refractivity contribution in [3.63, 3.8) is 0 Å². The van der Waals surface area contributed by atoms with Crippen molar-refractivity contribution in [2.24, 2.45) is 0 Å². The van der Waals surface area contributed by atoms with Crippen LogP contribution in [0.25, 0.3) is 0 Å². The molecule has 3 aromatic rings. The van der Waals surface area contributed by atoms with Gasteiger partial charge in [-0.25, -0.2) is 0 Å². The van der Waals surface area contributed by atoms with Crippen LogP contribution in [-0.4, -0.2) is 11.4 Å². The van der Waals surface area contributed by atoms with Crippen molar-refractivity contribution in [2.75, 3.05) is 6.16 Å². The third-order valence-electron chi connectivity index (χ3n) is 4.49. The van der Waals surface area contributed by atoms with Gasteiger partial charge in [0, 0.05) is 0 Å². The molecular formula is C21H20ClO2P. The molecule has 0 saturated heterocycles. The molecule has 3 rings (SSSR count). The number of hydrogen-bond donors (Lipinski definition) is 1. The first-order valence-corrected chi connectivity index (χ1v) is 11.3. The van der Waals surface area contributed by atoms with Crippen molar-refractivity contribution in [1.29, 1.82) is 0 Å². The van der Waals surface area contributed by atoms with Gasteiger partial charge in [0.2, 0.25) is 0 Å². The van der Waals surface area contributed by atoms with E-state index in [4.69, 9.17) is 11.2 Å². The first-order chi connectivity index (χ1) is 12.1. The number of allylic oxidation sites excluding steroid dienone is 1. The molecule has 0 aromatic heterocycles. The van der Waals surface area contributed by atoms with Gasteiger partial charge in [-0.1, -0.05) is 0 Å². The molecule has 2 nitrogen and oxygen atoms in total. The molecule has 1 N–H and O–H groups in total. The molecule has 0 radical (unpaired) electrons. The third kappa shape index (κ3) is 2.98. The summed E-state index contributed by atoms with van der Waals surface area (Å²) in [7, 11) is 0. The second-order valence-electron chi connectivity index (χ2n) is 5.98. The molecule has 0 amide bonds. The minimum atomic E-state index is -3.43. The molecule has 0 unspecified atom stereocenters. The fraction of sp³-hybridized carbons (Fsp3) is 0.0476. The van der Waals surface area contributed by atoms with Gasteiger partial charge in [-0.3, -0.25) is 0 Å². The summed E-state index contributed by atoms with van der Waals surface area (Å²) in [6, 6.07) is 30.0. The zero-order valence-corrected chi connectivity index (χ0v) is 15.4. The summed E-state index contributed by atoms with van der Waals surface area (Å²) in [6.45, 7) is 3.86. The molecule has 4 heteroatoms. The van der Waals surface area contributed by atoms with Crippen LogP contribution in [0.15, 0.2) is 103 Å². The molecule has 0 fully saturated rings. The van der Waals surface area contributed by atoms with Crippen LogP contribution < -0.4 is 15.9 Å².